The Bertz CT molecular complexity index is 717. The second kappa shape index (κ2) is 5.41. The minimum absolute atomic E-state index is 0.00640. The molecule has 2 aromatic rings. The van der Waals surface area contributed by atoms with E-state index in [-0.39, 0.29) is 19.8 Å². The van der Waals surface area contributed by atoms with E-state index in [1.165, 1.54) is 17.5 Å². The van der Waals surface area contributed by atoms with Crippen LogP contribution in [0.15, 0.2) is 25.5 Å². The van der Waals surface area contributed by atoms with Gasteiger partial charge in [-0.3, -0.25) is 4.72 Å². The Kier molecular flexibility index (Phi) is 4.21. The maximum atomic E-state index is 12.1. The number of carboxylic acids is 1. The number of halogens is 2. The van der Waals surface area contributed by atoms with E-state index in [0.717, 1.165) is 22.7 Å². The highest BCUT2D eigenvalue weighted by atomic mass is 79.9. The topological polar surface area (TPSA) is 83.5 Å². The number of thiophene rings is 2. The number of hydrogen-bond donors (Lipinski definition) is 2. The van der Waals surface area contributed by atoms with Crippen molar-refractivity contribution >= 4 is 71.9 Å². The highest BCUT2D eigenvalue weighted by Crippen LogP contribution is 2.36. The number of sulfonamides is 1. The van der Waals surface area contributed by atoms with E-state index in [2.05, 4.69) is 20.7 Å². The molecular formula is C9H5BrClNO4S3. The smallest absolute Gasteiger partial charge is 0.348 e. The van der Waals surface area contributed by atoms with Gasteiger partial charge in [-0.2, -0.15) is 0 Å². The number of carbonyl (C=O) groups is 1. The summed E-state index contributed by atoms with van der Waals surface area (Å²) in [4.78, 5) is 10.8. The van der Waals surface area contributed by atoms with Gasteiger partial charge in [0.25, 0.3) is 10.0 Å². The molecule has 0 atom stereocenters. The van der Waals surface area contributed by atoms with Crippen LogP contribution in [0, 0.1) is 0 Å². The van der Waals surface area contributed by atoms with E-state index < -0.39 is 16.0 Å². The molecular weight excluding hydrogens is 398 g/mol. The van der Waals surface area contributed by atoms with Crippen molar-refractivity contribution in [3.63, 3.8) is 0 Å². The first kappa shape index (κ1) is 14.8. The van der Waals surface area contributed by atoms with Crippen LogP contribution < -0.4 is 4.72 Å². The molecule has 0 bridgehead atoms. The summed E-state index contributed by atoms with van der Waals surface area (Å²) in [5.74, 6) is -1.18. The molecule has 0 saturated heterocycles. The van der Waals surface area contributed by atoms with Crippen molar-refractivity contribution in [1.29, 1.82) is 0 Å². The van der Waals surface area contributed by atoms with E-state index in [9.17, 15) is 13.2 Å². The summed E-state index contributed by atoms with van der Waals surface area (Å²) in [6, 6.07) is 2.70. The van der Waals surface area contributed by atoms with Gasteiger partial charge in [0.05, 0.1) is 14.5 Å². The third kappa shape index (κ3) is 3.11. The fourth-order valence-corrected chi connectivity index (χ4v) is 5.43. The zero-order chi connectivity index (χ0) is 14.2. The average Bonchev–Trinajstić information content (AvgIpc) is 2.87. The Morgan fingerprint density at radius 3 is 2.68 bits per heavy atom. The van der Waals surface area contributed by atoms with Gasteiger partial charge in [-0.25, -0.2) is 13.2 Å². The average molecular weight is 403 g/mol. The molecule has 0 fully saturated rings. The number of hydrogen-bond acceptors (Lipinski definition) is 5. The summed E-state index contributed by atoms with van der Waals surface area (Å²) in [6.45, 7) is 0. The molecule has 5 nitrogen and oxygen atoms in total. The molecule has 0 amide bonds. The number of anilines is 1. The summed E-state index contributed by atoms with van der Waals surface area (Å²) < 4.78 is 26.9. The summed E-state index contributed by atoms with van der Waals surface area (Å²) >= 11 is 10.8. The predicted octanol–water partition coefficient (Wildman–Crippen LogP) is 3.72. The molecule has 0 aliphatic heterocycles. The molecule has 2 aromatic heterocycles. The van der Waals surface area contributed by atoms with E-state index in [1.807, 2.05) is 0 Å². The van der Waals surface area contributed by atoms with Crippen molar-refractivity contribution in [2.24, 2.45) is 0 Å². The minimum Gasteiger partial charge on any atom is -0.477 e. The lowest BCUT2D eigenvalue weighted by atomic mass is 10.4. The first-order valence-electron chi connectivity index (χ1n) is 4.59. The lowest BCUT2D eigenvalue weighted by Crippen LogP contribution is -2.13. The predicted molar refractivity (Wildman–Crippen MR) is 79.1 cm³/mol. The van der Waals surface area contributed by atoms with Crippen molar-refractivity contribution in [2.45, 2.75) is 4.21 Å². The first-order valence-corrected chi connectivity index (χ1v) is 8.94. The maximum Gasteiger partial charge on any atom is 0.348 e. The van der Waals surface area contributed by atoms with Crippen molar-refractivity contribution < 1.29 is 18.3 Å². The Morgan fingerprint density at radius 2 is 2.16 bits per heavy atom. The Hall–Kier alpha value is -0.610. The molecule has 2 heterocycles. The van der Waals surface area contributed by atoms with Gasteiger partial charge < -0.3 is 5.11 Å². The number of nitrogens with one attached hydrogen (secondary N) is 1. The molecule has 2 rings (SSSR count). The van der Waals surface area contributed by atoms with Crippen LogP contribution in [0.5, 0.6) is 0 Å². The van der Waals surface area contributed by atoms with E-state index in [0.29, 0.717) is 3.79 Å². The Morgan fingerprint density at radius 1 is 1.47 bits per heavy atom. The van der Waals surface area contributed by atoms with Gasteiger partial charge in [-0.1, -0.05) is 11.6 Å². The van der Waals surface area contributed by atoms with Crippen LogP contribution in [-0.2, 0) is 10.0 Å². The maximum absolute atomic E-state index is 12.1. The highest BCUT2D eigenvalue weighted by molar-refractivity contribution is 9.11. The van der Waals surface area contributed by atoms with Gasteiger partial charge in [0.15, 0.2) is 0 Å². The fourth-order valence-electron chi connectivity index (χ4n) is 1.21. The summed E-state index contributed by atoms with van der Waals surface area (Å²) in [5, 5.41) is 10.7. The lowest BCUT2D eigenvalue weighted by Gasteiger charge is -2.04. The van der Waals surface area contributed by atoms with Crippen LogP contribution in [-0.4, -0.2) is 19.5 Å². The van der Waals surface area contributed by atoms with Crippen LogP contribution in [0.2, 0.25) is 5.02 Å². The van der Waals surface area contributed by atoms with E-state index in [4.69, 9.17) is 16.7 Å². The van der Waals surface area contributed by atoms with Gasteiger partial charge >= 0.3 is 5.97 Å². The Balaban J connectivity index is 2.36. The zero-order valence-electron chi connectivity index (χ0n) is 8.88. The van der Waals surface area contributed by atoms with Crippen LogP contribution in [0.25, 0.3) is 0 Å². The molecule has 2 N–H and O–H groups in total. The van der Waals surface area contributed by atoms with Crippen molar-refractivity contribution in [3.8, 4) is 0 Å². The second-order valence-corrected chi connectivity index (χ2v) is 8.86. The van der Waals surface area contributed by atoms with Crippen molar-refractivity contribution in [2.75, 3.05) is 4.72 Å². The monoisotopic (exact) mass is 401 g/mol. The summed E-state index contributed by atoms with van der Waals surface area (Å²) in [5.41, 5.74) is 0.0399. The molecule has 0 radical (unpaired) electrons. The first-order chi connectivity index (χ1) is 8.81. The normalized spacial score (nSPS) is 11.5. The van der Waals surface area contributed by atoms with Gasteiger partial charge in [0, 0.05) is 0 Å². The molecule has 0 aliphatic carbocycles. The quantitative estimate of drug-likeness (QED) is 0.816. The van der Waals surface area contributed by atoms with Gasteiger partial charge in [0.2, 0.25) is 0 Å². The summed E-state index contributed by atoms with van der Waals surface area (Å²) in [7, 11) is -3.84. The molecule has 0 spiro atoms. The SMILES string of the molecule is O=C(O)c1sccc1NS(=O)(=O)c1cc(Cl)c(Br)s1. The van der Waals surface area contributed by atoms with E-state index >= 15 is 0 Å². The largest absolute Gasteiger partial charge is 0.477 e. The standard InChI is InChI=1S/C9H5BrClNO4S3/c10-8-4(11)3-6(18-8)19(15,16)12-5-1-2-17-7(5)9(13)14/h1-3,12H,(H,13,14). The van der Waals surface area contributed by atoms with Gasteiger partial charge in [-0.05, 0) is 33.4 Å². The van der Waals surface area contributed by atoms with Crippen LogP contribution in [0.1, 0.15) is 9.67 Å². The zero-order valence-corrected chi connectivity index (χ0v) is 13.7. The summed E-state index contributed by atoms with van der Waals surface area (Å²) in [6.07, 6.45) is 0. The number of carboxylic acid groups (broad SMARTS) is 1. The Labute approximate surface area is 130 Å². The highest BCUT2D eigenvalue weighted by Gasteiger charge is 2.22. The van der Waals surface area contributed by atoms with Crippen LogP contribution in [0.4, 0.5) is 5.69 Å². The number of rotatable bonds is 4. The minimum atomic E-state index is -3.84. The lowest BCUT2D eigenvalue weighted by molar-refractivity contribution is 0.0703. The number of aromatic carboxylic acids is 1. The molecule has 102 valence electrons. The molecule has 10 heteroatoms. The molecule has 0 unspecified atom stereocenters. The molecule has 0 saturated carbocycles. The van der Waals surface area contributed by atoms with Crippen LogP contribution in [0.3, 0.4) is 0 Å². The molecule has 19 heavy (non-hydrogen) atoms. The third-order valence-electron chi connectivity index (χ3n) is 1.99. The van der Waals surface area contributed by atoms with Crippen molar-refractivity contribution in [1.82, 2.24) is 0 Å². The van der Waals surface area contributed by atoms with Crippen molar-refractivity contribution in [3.05, 3.63) is 31.2 Å². The fraction of sp³-hybridized carbons (Fsp3) is 0. The van der Waals surface area contributed by atoms with E-state index in [1.54, 1.807) is 0 Å². The van der Waals surface area contributed by atoms with Gasteiger partial charge in [0.1, 0.15) is 9.09 Å². The molecule has 0 aliphatic rings. The molecule has 0 aromatic carbocycles. The third-order valence-corrected chi connectivity index (χ3v) is 7.21. The van der Waals surface area contributed by atoms with Crippen LogP contribution >= 0.6 is 50.2 Å². The van der Waals surface area contributed by atoms with Gasteiger partial charge in [-0.15, -0.1) is 22.7 Å². The second-order valence-electron chi connectivity index (χ2n) is 3.26.